The van der Waals surface area contributed by atoms with Crippen LogP contribution in [0.5, 0.6) is 5.75 Å². The van der Waals surface area contributed by atoms with Crippen molar-refractivity contribution in [3.05, 3.63) is 36.9 Å². The highest BCUT2D eigenvalue weighted by Gasteiger charge is 2.23. The van der Waals surface area contributed by atoms with E-state index >= 15 is 0 Å². The maximum atomic E-state index is 12.4. The number of nitrogens with zero attached hydrogens (tertiary/aromatic N) is 3. The molecule has 9 heteroatoms. The van der Waals surface area contributed by atoms with E-state index in [1.165, 1.54) is 11.8 Å². The molecule has 0 radical (unpaired) electrons. The first-order valence-electron chi connectivity index (χ1n) is 9.50. The topological polar surface area (TPSA) is 98.1 Å². The zero-order valence-corrected chi connectivity index (χ0v) is 17.2. The Balaban J connectivity index is 1.67. The summed E-state index contributed by atoms with van der Waals surface area (Å²) in [5.74, 6) is 1.30. The van der Waals surface area contributed by atoms with Gasteiger partial charge in [0, 0.05) is 18.7 Å². The molecule has 29 heavy (non-hydrogen) atoms. The monoisotopic (exact) mass is 415 g/mol. The molecular formula is C20H25N5O3S. The second kappa shape index (κ2) is 10.1. The first kappa shape index (κ1) is 20.9. The van der Waals surface area contributed by atoms with Crippen molar-refractivity contribution >= 4 is 23.6 Å². The Labute approximate surface area is 174 Å². The lowest BCUT2D eigenvalue weighted by Gasteiger charge is -2.15. The average molecular weight is 416 g/mol. The summed E-state index contributed by atoms with van der Waals surface area (Å²) in [6, 6.07) is 7.08. The lowest BCUT2D eigenvalue weighted by Crippen LogP contribution is -2.46. The van der Waals surface area contributed by atoms with Crippen molar-refractivity contribution in [2.75, 3.05) is 19.4 Å². The first-order valence-corrected chi connectivity index (χ1v) is 10.5. The van der Waals surface area contributed by atoms with Gasteiger partial charge < -0.3 is 15.4 Å². The molecular weight excluding hydrogens is 390 g/mol. The lowest BCUT2D eigenvalue weighted by atomic mass is 10.1. The zero-order chi connectivity index (χ0) is 20.6. The van der Waals surface area contributed by atoms with Crippen LogP contribution in [0.4, 0.5) is 0 Å². The molecule has 0 bridgehead atoms. The number of hydrogen-bond acceptors (Lipinski definition) is 6. The summed E-state index contributed by atoms with van der Waals surface area (Å²) in [5.41, 5.74) is 0.895. The number of thioether (sulfide) groups is 1. The van der Waals surface area contributed by atoms with Gasteiger partial charge in [0.1, 0.15) is 11.8 Å². The number of hydrogen-bond donors (Lipinski definition) is 2. The van der Waals surface area contributed by atoms with E-state index < -0.39 is 6.04 Å². The molecule has 1 aliphatic rings. The smallest absolute Gasteiger partial charge is 0.242 e. The van der Waals surface area contributed by atoms with Crippen LogP contribution in [-0.2, 0) is 16.1 Å². The predicted octanol–water partition coefficient (Wildman–Crippen LogP) is 2.02. The number of carbonyl (C=O) groups excluding carboxylic acids is 2. The molecule has 2 amide bonds. The molecule has 1 saturated heterocycles. The second-order valence-corrected chi connectivity index (χ2v) is 7.57. The Kier molecular flexibility index (Phi) is 7.29. The molecule has 1 aliphatic heterocycles. The zero-order valence-electron chi connectivity index (χ0n) is 16.4. The molecule has 0 unspecified atom stereocenters. The highest BCUT2D eigenvalue weighted by Crippen LogP contribution is 2.25. The molecule has 0 saturated carbocycles. The number of benzene rings is 1. The van der Waals surface area contributed by atoms with E-state index in [-0.39, 0.29) is 17.6 Å². The Morgan fingerprint density at radius 1 is 1.38 bits per heavy atom. The summed E-state index contributed by atoms with van der Waals surface area (Å²) in [5, 5.41) is 14.8. The lowest BCUT2D eigenvalue weighted by molar-refractivity contribution is -0.127. The number of methoxy groups -OCH3 is 1. The molecule has 3 rings (SSSR count). The number of ether oxygens (including phenoxy) is 1. The van der Waals surface area contributed by atoms with Crippen molar-refractivity contribution in [3.8, 4) is 17.1 Å². The van der Waals surface area contributed by atoms with E-state index in [9.17, 15) is 9.59 Å². The maximum Gasteiger partial charge on any atom is 0.242 e. The summed E-state index contributed by atoms with van der Waals surface area (Å²) >= 11 is 1.29. The number of rotatable bonds is 8. The van der Waals surface area contributed by atoms with Gasteiger partial charge in [-0.3, -0.25) is 14.2 Å². The van der Waals surface area contributed by atoms with Gasteiger partial charge in [-0.2, -0.15) is 0 Å². The number of carbonyl (C=O) groups is 2. The van der Waals surface area contributed by atoms with Crippen molar-refractivity contribution in [2.24, 2.45) is 0 Å². The van der Waals surface area contributed by atoms with Gasteiger partial charge >= 0.3 is 0 Å². The summed E-state index contributed by atoms with van der Waals surface area (Å²) in [7, 11) is 1.62. The first-order chi connectivity index (χ1) is 14.1. The van der Waals surface area contributed by atoms with Crippen molar-refractivity contribution in [3.63, 3.8) is 0 Å². The summed E-state index contributed by atoms with van der Waals surface area (Å²) in [6.07, 6.45) is 4.27. The Morgan fingerprint density at radius 3 is 2.90 bits per heavy atom. The van der Waals surface area contributed by atoms with Crippen LogP contribution in [0.2, 0.25) is 0 Å². The van der Waals surface area contributed by atoms with E-state index in [1.807, 2.05) is 28.8 Å². The molecule has 0 spiro atoms. The highest BCUT2D eigenvalue weighted by atomic mass is 32.2. The van der Waals surface area contributed by atoms with Crippen LogP contribution in [0.1, 0.15) is 19.3 Å². The van der Waals surface area contributed by atoms with Gasteiger partial charge in [-0.15, -0.1) is 16.8 Å². The third-order valence-corrected chi connectivity index (χ3v) is 5.55. The largest absolute Gasteiger partial charge is 0.497 e. The highest BCUT2D eigenvalue weighted by molar-refractivity contribution is 7.99. The van der Waals surface area contributed by atoms with Crippen LogP contribution in [0, 0.1) is 0 Å². The Morgan fingerprint density at radius 2 is 2.17 bits per heavy atom. The normalized spacial score (nSPS) is 16.6. The SMILES string of the molecule is C=CCn1c(SCC(=O)N[C@H]2CCCCNC2=O)nnc1-c1ccc(OC)cc1. The Hall–Kier alpha value is -2.81. The third-order valence-electron chi connectivity index (χ3n) is 4.58. The summed E-state index contributed by atoms with van der Waals surface area (Å²) in [4.78, 5) is 24.3. The third kappa shape index (κ3) is 5.38. The molecule has 1 aromatic heterocycles. The molecule has 1 fully saturated rings. The minimum absolute atomic E-state index is 0.113. The second-order valence-electron chi connectivity index (χ2n) is 6.63. The minimum Gasteiger partial charge on any atom is -0.497 e. The van der Waals surface area contributed by atoms with E-state index in [0.29, 0.717) is 30.5 Å². The predicted molar refractivity (Wildman–Crippen MR) is 112 cm³/mol. The molecule has 2 aromatic rings. The van der Waals surface area contributed by atoms with Crippen molar-refractivity contribution in [1.82, 2.24) is 25.4 Å². The Bertz CT molecular complexity index is 866. The maximum absolute atomic E-state index is 12.4. The summed E-state index contributed by atoms with van der Waals surface area (Å²) in [6.45, 7) is 4.98. The van der Waals surface area contributed by atoms with Gasteiger partial charge in [-0.05, 0) is 43.5 Å². The summed E-state index contributed by atoms with van der Waals surface area (Å²) < 4.78 is 7.10. The van der Waals surface area contributed by atoms with Crippen molar-refractivity contribution < 1.29 is 14.3 Å². The molecule has 2 N–H and O–H groups in total. The van der Waals surface area contributed by atoms with Crippen molar-refractivity contribution in [1.29, 1.82) is 0 Å². The van der Waals surface area contributed by atoms with Gasteiger partial charge in [-0.1, -0.05) is 17.8 Å². The van der Waals surface area contributed by atoms with Gasteiger partial charge in [0.2, 0.25) is 11.8 Å². The minimum atomic E-state index is -0.466. The number of nitrogens with one attached hydrogen (secondary N) is 2. The van der Waals surface area contributed by atoms with E-state index in [0.717, 1.165) is 24.2 Å². The van der Waals surface area contributed by atoms with Gasteiger partial charge in [0.05, 0.1) is 12.9 Å². The van der Waals surface area contributed by atoms with Crippen LogP contribution in [0.3, 0.4) is 0 Å². The standard InChI is InChI=1S/C20H25N5O3S/c1-3-12-25-18(14-7-9-15(28-2)10-8-14)23-24-20(25)29-13-17(26)22-16-6-4-5-11-21-19(16)27/h3,7-10,16H,1,4-6,11-13H2,2H3,(H,21,27)(H,22,26)/t16-/m0/s1. The molecule has 2 heterocycles. The fourth-order valence-electron chi connectivity index (χ4n) is 3.09. The molecule has 1 atom stereocenters. The quantitative estimate of drug-likeness (QED) is 0.506. The molecule has 8 nitrogen and oxygen atoms in total. The fraction of sp³-hybridized carbons (Fsp3) is 0.400. The van der Waals surface area contributed by atoms with E-state index in [1.54, 1.807) is 13.2 Å². The van der Waals surface area contributed by atoms with Gasteiger partial charge in [-0.25, -0.2) is 0 Å². The number of allylic oxidation sites excluding steroid dienone is 1. The van der Waals surface area contributed by atoms with E-state index in [4.69, 9.17) is 4.74 Å². The van der Waals surface area contributed by atoms with Crippen LogP contribution in [0.15, 0.2) is 42.1 Å². The molecule has 154 valence electrons. The van der Waals surface area contributed by atoms with Gasteiger partial charge in [0.25, 0.3) is 0 Å². The average Bonchev–Trinajstić information content (AvgIpc) is 3.02. The van der Waals surface area contributed by atoms with Crippen LogP contribution >= 0.6 is 11.8 Å². The number of aromatic nitrogens is 3. The fourth-order valence-corrected chi connectivity index (χ4v) is 3.84. The number of amides is 2. The van der Waals surface area contributed by atoms with E-state index in [2.05, 4.69) is 27.4 Å². The molecule has 1 aromatic carbocycles. The van der Waals surface area contributed by atoms with Gasteiger partial charge in [0.15, 0.2) is 11.0 Å². The van der Waals surface area contributed by atoms with Crippen LogP contribution < -0.4 is 15.4 Å². The van der Waals surface area contributed by atoms with Crippen LogP contribution in [0.25, 0.3) is 11.4 Å². The van der Waals surface area contributed by atoms with Crippen LogP contribution in [-0.4, -0.2) is 52.0 Å². The van der Waals surface area contributed by atoms with Crippen molar-refractivity contribution in [2.45, 2.75) is 37.0 Å². The molecule has 0 aliphatic carbocycles.